The molecule has 8 nitrogen and oxygen atoms in total. The van der Waals surface area contributed by atoms with Crippen LogP contribution in [0.1, 0.15) is 44.9 Å². The van der Waals surface area contributed by atoms with Gasteiger partial charge in [0.2, 0.25) is 0 Å². The molecule has 0 fully saturated rings. The molecule has 0 saturated heterocycles. The highest BCUT2D eigenvalue weighted by atomic mass is 35.5. The molecule has 0 radical (unpaired) electrons. The number of esters is 1. The molecule has 0 N–H and O–H groups in total. The van der Waals surface area contributed by atoms with Crippen LogP contribution < -0.4 is 5.56 Å². The highest BCUT2D eigenvalue weighted by Gasteiger charge is 2.33. The van der Waals surface area contributed by atoms with Gasteiger partial charge in [0.1, 0.15) is 16.3 Å². The van der Waals surface area contributed by atoms with Gasteiger partial charge in [-0.25, -0.2) is 14.8 Å². The van der Waals surface area contributed by atoms with Gasteiger partial charge < -0.3 is 9.47 Å². The first kappa shape index (κ1) is 30.6. The number of carbonyl (C=O) groups is 1. The van der Waals surface area contributed by atoms with Crippen molar-refractivity contribution in [3.8, 4) is 27.5 Å². The molecule has 6 aromatic rings. The number of carbonyl (C=O) groups excluding carboxylic acids is 1. The summed E-state index contributed by atoms with van der Waals surface area (Å²) in [6.45, 7) is 9.71. The Morgan fingerprint density at radius 2 is 1.80 bits per heavy atom. The Kier molecular flexibility index (Phi) is 8.26. The van der Waals surface area contributed by atoms with Crippen LogP contribution in [0.4, 0.5) is 0 Å². The second-order valence-electron chi connectivity index (χ2n) is 11.6. The molecule has 4 aromatic heterocycles. The van der Waals surface area contributed by atoms with Crippen LogP contribution in [0.5, 0.6) is 0 Å². The van der Waals surface area contributed by atoms with Crippen LogP contribution in [0, 0.1) is 6.92 Å². The molecule has 0 aliphatic rings. The molecule has 0 unspecified atom stereocenters. The lowest BCUT2D eigenvalue weighted by Gasteiger charge is -2.29. The summed E-state index contributed by atoms with van der Waals surface area (Å²) in [6.07, 6.45) is 4.00. The van der Waals surface area contributed by atoms with E-state index >= 15 is 0 Å². The zero-order valence-corrected chi connectivity index (χ0v) is 27.1. The van der Waals surface area contributed by atoms with Gasteiger partial charge in [-0.2, -0.15) is 0 Å². The minimum atomic E-state index is -0.966. The zero-order valence-electron chi connectivity index (χ0n) is 25.5. The van der Waals surface area contributed by atoms with Crippen molar-refractivity contribution in [3.63, 3.8) is 0 Å². The van der Waals surface area contributed by atoms with E-state index < -0.39 is 17.7 Å². The third kappa shape index (κ3) is 6.11. The Morgan fingerprint density at radius 3 is 2.53 bits per heavy atom. The lowest BCUT2D eigenvalue weighted by atomic mass is 9.91. The molecule has 0 amide bonds. The monoisotopic (exact) mass is 638 g/mol. The molecule has 1 atom stereocenters. The van der Waals surface area contributed by atoms with Crippen molar-refractivity contribution in [1.29, 1.82) is 0 Å². The number of aryl methyl sites for hydroxylation is 1. The van der Waals surface area contributed by atoms with E-state index in [1.165, 1.54) is 15.9 Å². The largest absolute Gasteiger partial charge is 0.464 e. The minimum Gasteiger partial charge on any atom is -0.464 e. The number of aromatic nitrogens is 4. The number of halogens is 1. The molecule has 2 aromatic carbocycles. The van der Waals surface area contributed by atoms with Gasteiger partial charge in [-0.1, -0.05) is 29.8 Å². The Morgan fingerprint density at radius 1 is 1.02 bits per heavy atom. The average Bonchev–Trinajstić information content (AvgIpc) is 3.44. The van der Waals surface area contributed by atoms with Crippen LogP contribution in [0.2, 0.25) is 5.02 Å². The molecule has 0 saturated carbocycles. The fourth-order valence-corrected chi connectivity index (χ4v) is 6.55. The molecule has 0 aliphatic carbocycles. The van der Waals surface area contributed by atoms with Crippen LogP contribution in [0.3, 0.4) is 0 Å². The molecule has 0 bridgehead atoms. The quantitative estimate of drug-likeness (QED) is 0.163. The normalized spacial score (nSPS) is 12.5. The third-order valence-corrected chi connectivity index (χ3v) is 8.59. The highest BCUT2D eigenvalue weighted by molar-refractivity contribution is 7.22. The molecule has 45 heavy (non-hydrogen) atoms. The van der Waals surface area contributed by atoms with Crippen LogP contribution in [0.25, 0.3) is 48.6 Å². The number of hydrogen-bond acceptors (Lipinski definition) is 8. The second kappa shape index (κ2) is 12.2. The van der Waals surface area contributed by atoms with Crippen molar-refractivity contribution < 1.29 is 14.3 Å². The average molecular weight is 639 g/mol. The van der Waals surface area contributed by atoms with Gasteiger partial charge in [-0.3, -0.25) is 14.3 Å². The van der Waals surface area contributed by atoms with E-state index in [4.69, 9.17) is 26.1 Å². The van der Waals surface area contributed by atoms with Gasteiger partial charge in [0.15, 0.2) is 6.10 Å². The molecule has 4 heterocycles. The van der Waals surface area contributed by atoms with Gasteiger partial charge in [0, 0.05) is 45.7 Å². The summed E-state index contributed by atoms with van der Waals surface area (Å²) < 4.78 is 14.3. The van der Waals surface area contributed by atoms with E-state index in [2.05, 4.69) is 9.97 Å². The van der Waals surface area contributed by atoms with E-state index in [9.17, 15) is 9.59 Å². The first-order valence-electron chi connectivity index (χ1n) is 14.5. The van der Waals surface area contributed by atoms with E-state index in [1.54, 1.807) is 31.6 Å². The topological polar surface area (TPSA) is 96.2 Å². The lowest BCUT2D eigenvalue weighted by molar-refractivity contribution is -0.166. The van der Waals surface area contributed by atoms with E-state index in [0.717, 1.165) is 48.4 Å². The molecule has 6 rings (SSSR count). The molecule has 0 spiro atoms. The summed E-state index contributed by atoms with van der Waals surface area (Å²) in [6, 6.07) is 18.7. The Hall–Kier alpha value is -4.44. The summed E-state index contributed by atoms with van der Waals surface area (Å²) >= 11 is 7.77. The van der Waals surface area contributed by atoms with Crippen molar-refractivity contribution in [3.05, 3.63) is 106 Å². The maximum absolute atomic E-state index is 13.4. The van der Waals surface area contributed by atoms with E-state index in [1.807, 2.05) is 82.3 Å². The van der Waals surface area contributed by atoms with Crippen LogP contribution in [-0.2, 0) is 14.3 Å². The van der Waals surface area contributed by atoms with Crippen molar-refractivity contribution >= 4 is 50.0 Å². The van der Waals surface area contributed by atoms with Gasteiger partial charge in [0.25, 0.3) is 5.56 Å². The number of fused-ring (bicyclic) bond motifs is 2. The molecule has 10 heteroatoms. The second-order valence-corrected chi connectivity index (χ2v) is 13.0. The predicted molar refractivity (Wildman–Crippen MR) is 179 cm³/mol. The van der Waals surface area contributed by atoms with Crippen LogP contribution in [0.15, 0.2) is 84.0 Å². The van der Waals surface area contributed by atoms with Crippen LogP contribution in [-0.4, -0.2) is 37.7 Å². The van der Waals surface area contributed by atoms with Gasteiger partial charge in [0.05, 0.1) is 22.4 Å². The fourth-order valence-electron chi connectivity index (χ4n) is 5.30. The maximum atomic E-state index is 13.4. The van der Waals surface area contributed by atoms with E-state index in [0.29, 0.717) is 16.4 Å². The number of benzene rings is 2. The van der Waals surface area contributed by atoms with Gasteiger partial charge >= 0.3 is 5.97 Å². The Bertz CT molecular complexity index is 2120. The SMILES string of the molecule is CCOC(=O)[C@@H](OC(C)(C)C)c1c(C)cc2nc(-c3ccnc(-n4ccc5cccnc5c4=O)c3)sc2c1-c1ccc(Cl)cc1. The molecule has 0 aliphatic heterocycles. The molecular weight excluding hydrogens is 608 g/mol. The smallest absolute Gasteiger partial charge is 0.339 e. The highest BCUT2D eigenvalue weighted by Crippen LogP contribution is 2.44. The van der Waals surface area contributed by atoms with Crippen molar-refractivity contribution in [1.82, 2.24) is 19.5 Å². The summed E-state index contributed by atoms with van der Waals surface area (Å²) in [5.41, 5.74) is 4.32. The first-order chi connectivity index (χ1) is 21.5. The summed E-state index contributed by atoms with van der Waals surface area (Å²) in [7, 11) is 0. The molecule has 228 valence electrons. The number of hydrogen-bond donors (Lipinski definition) is 0. The van der Waals surface area contributed by atoms with Gasteiger partial charge in [-0.15, -0.1) is 11.3 Å². The third-order valence-electron chi connectivity index (χ3n) is 7.20. The maximum Gasteiger partial charge on any atom is 0.339 e. The van der Waals surface area contributed by atoms with Crippen molar-refractivity contribution in [2.45, 2.75) is 46.3 Å². The number of ether oxygens (including phenoxy) is 2. The van der Waals surface area contributed by atoms with Crippen LogP contribution >= 0.6 is 22.9 Å². The van der Waals surface area contributed by atoms with Crippen molar-refractivity contribution in [2.24, 2.45) is 0 Å². The standard InChI is InChI=1S/C35H31ClN4O4S/c1-6-43-34(42)30(44-35(3,4)5)27-20(2)18-25-31(28(27)21-9-11-24(36)12-10-21)45-32(39-25)23-13-16-37-26(19-23)40-17-14-22-8-7-15-38-29(22)33(40)41/h7-19,30H,6H2,1-5H3/t30-/m0/s1. The Labute approximate surface area is 269 Å². The first-order valence-corrected chi connectivity index (χ1v) is 15.7. The van der Waals surface area contributed by atoms with E-state index in [-0.39, 0.29) is 12.2 Å². The number of nitrogens with zero attached hydrogens (tertiary/aromatic N) is 4. The number of thiazole rings is 1. The number of rotatable bonds is 7. The predicted octanol–water partition coefficient (Wildman–Crippen LogP) is 8.11. The number of pyridine rings is 3. The molecular formula is C35H31ClN4O4S. The summed E-state index contributed by atoms with van der Waals surface area (Å²) in [5.74, 6) is 0.00368. The summed E-state index contributed by atoms with van der Waals surface area (Å²) in [4.78, 5) is 40.5. The lowest BCUT2D eigenvalue weighted by Crippen LogP contribution is -2.29. The zero-order chi connectivity index (χ0) is 31.9. The summed E-state index contributed by atoms with van der Waals surface area (Å²) in [5, 5.41) is 2.10. The minimum absolute atomic E-state index is 0.228. The fraction of sp³-hybridized carbons (Fsp3) is 0.229. The Balaban J connectivity index is 1.55. The van der Waals surface area contributed by atoms with Gasteiger partial charge in [-0.05, 0) is 88.2 Å². The van der Waals surface area contributed by atoms with Crippen molar-refractivity contribution in [2.75, 3.05) is 6.61 Å².